The van der Waals surface area contributed by atoms with Crippen LogP contribution in [0, 0.1) is 0 Å². The Bertz CT molecular complexity index is 521. The number of hydrogen-bond acceptors (Lipinski definition) is 4. The number of hydrogen-bond donors (Lipinski definition) is 1. The lowest BCUT2D eigenvalue weighted by Gasteiger charge is -2.11. The summed E-state index contributed by atoms with van der Waals surface area (Å²) in [5.74, 6) is -0.333. The van der Waals surface area contributed by atoms with Crippen LogP contribution in [0.5, 0.6) is 0 Å². The Hall–Kier alpha value is -1.75. The van der Waals surface area contributed by atoms with Gasteiger partial charge in [0.1, 0.15) is 0 Å². The zero-order chi connectivity index (χ0) is 13.8. The molecule has 2 rings (SSSR count). The van der Waals surface area contributed by atoms with Gasteiger partial charge in [-0.2, -0.15) is 0 Å². The van der Waals surface area contributed by atoms with E-state index in [4.69, 9.17) is 5.11 Å². The smallest absolute Gasteiger partial charge is 0.329 e. The fraction of sp³-hybridized carbons (Fsp3) is 0.286. The van der Waals surface area contributed by atoms with Gasteiger partial charge in [-0.05, 0) is 23.8 Å². The summed E-state index contributed by atoms with van der Waals surface area (Å²) in [6, 6.07) is 7.55. The van der Waals surface area contributed by atoms with E-state index in [9.17, 15) is 4.79 Å². The molecule has 0 radical (unpaired) electrons. The van der Waals surface area contributed by atoms with Crippen molar-refractivity contribution in [3.8, 4) is 0 Å². The molecule has 1 aliphatic heterocycles. The van der Waals surface area contributed by atoms with Crippen LogP contribution in [0.25, 0.3) is 6.08 Å². The molecular weight excluding hydrogens is 260 g/mol. The van der Waals surface area contributed by atoms with Crippen molar-refractivity contribution in [3.05, 3.63) is 35.9 Å². The van der Waals surface area contributed by atoms with E-state index in [-0.39, 0.29) is 0 Å². The van der Waals surface area contributed by atoms with E-state index in [1.165, 1.54) is 11.8 Å². The molecule has 1 unspecified atom stereocenters. The van der Waals surface area contributed by atoms with E-state index in [0.29, 0.717) is 5.75 Å². The number of thioether (sulfide) groups is 1. The molecule has 1 aliphatic rings. The third-order valence-corrected chi connectivity index (χ3v) is 3.80. The van der Waals surface area contributed by atoms with Gasteiger partial charge in [0.2, 0.25) is 0 Å². The summed E-state index contributed by atoms with van der Waals surface area (Å²) in [7, 11) is 4.00. The zero-order valence-electron chi connectivity index (χ0n) is 10.9. The Balaban J connectivity index is 2.03. The maximum atomic E-state index is 10.8. The SMILES string of the molecule is CN(C)c1ccc(/C=C/C2=NC(C(=O)O)CS2)cc1. The third-order valence-electron chi connectivity index (χ3n) is 2.79. The molecule has 4 nitrogen and oxygen atoms in total. The van der Waals surface area contributed by atoms with Gasteiger partial charge in [-0.25, -0.2) is 4.79 Å². The molecular formula is C14H16N2O2S. The minimum atomic E-state index is -0.855. The molecule has 1 aromatic rings. The first-order valence-corrected chi connectivity index (χ1v) is 6.93. The van der Waals surface area contributed by atoms with Crippen molar-refractivity contribution in [2.45, 2.75) is 6.04 Å². The first-order valence-electron chi connectivity index (χ1n) is 5.95. The first kappa shape index (κ1) is 13.7. The highest BCUT2D eigenvalue weighted by Gasteiger charge is 2.22. The molecule has 0 aliphatic carbocycles. The first-order chi connectivity index (χ1) is 9.06. The Morgan fingerprint density at radius 2 is 2.05 bits per heavy atom. The van der Waals surface area contributed by atoms with E-state index >= 15 is 0 Å². The van der Waals surface area contributed by atoms with Gasteiger partial charge >= 0.3 is 5.97 Å². The number of anilines is 1. The third kappa shape index (κ3) is 3.61. The van der Waals surface area contributed by atoms with E-state index in [1.54, 1.807) is 0 Å². The van der Waals surface area contributed by atoms with E-state index in [0.717, 1.165) is 16.3 Å². The van der Waals surface area contributed by atoms with Crippen LogP contribution < -0.4 is 4.90 Å². The fourth-order valence-corrected chi connectivity index (χ4v) is 2.57. The average molecular weight is 276 g/mol. The van der Waals surface area contributed by atoms with Gasteiger partial charge in [-0.15, -0.1) is 11.8 Å². The minimum Gasteiger partial charge on any atom is -0.480 e. The van der Waals surface area contributed by atoms with Gasteiger partial charge in [-0.3, -0.25) is 4.99 Å². The molecule has 0 bridgehead atoms. The largest absolute Gasteiger partial charge is 0.480 e. The van der Waals surface area contributed by atoms with Crippen molar-refractivity contribution in [1.29, 1.82) is 0 Å². The topological polar surface area (TPSA) is 52.9 Å². The molecule has 0 saturated carbocycles. The second-order valence-electron chi connectivity index (χ2n) is 4.45. The summed E-state index contributed by atoms with van der Waals surface area (Å²) in [4.78, 5) is 17.0. The van der Waals surface area contributed by atoms with Crippen molar-refractivity contribution in [2.24, 2.45) is 4.99 Å². The van der Waals surface area contributed by atoms with Gasteiger partial charge in [0.05, 0.1) is 5.04 Å². The Morgan fingerprint density at radius 1 is 1.37 bits per heavy atom. The van der Waals surface area contributed by atoms with Crippen LogP contribution in [-0.4, -0.2) is 42.0 Å². The second kappa shape index (κ2) is 5.93. The van der Waals surface area contributed by atoms with Crippen LogP contribution in [0.15, 0.2) is 35.3 Å². The highest BCUT2D eigenvalue weighted by atomic mass is 32.2. The van der Waals surface area contributed by atoms with Crippen LogP contribution in [0.3, 0.4) is 0 Å². The van der Waals surface area contributed by atoms with Crippen molar-refractivity contribution in [2.75, 3.05) is 24.7 Å². The van der Waals surface area contributed by atoms with Crippen LogP contribution >= 0.6 is 11.8 Å². The number of aliphatic imine (C=N–C) groups is 1. The second-order valence-corrected chi connectivity index (χ2v) is 5.49. The predicted molar refractivity (Wildman–Crippen MR) is 81.1 cm³/mol. The van der Waals surface area contributed by atoms with Crippen molar-refractivity contribution < 1.29 is 9.90 Å². The molecule has 1 atom stereocenters. The summed E-state index contributed by atoms with van der Waals surface area (Å²) in [5, 5.41) is 9.63. The number of carbonyl (C=O) groups is 1. The monoisotopic (exact) mass is 276 g/mol. The number of carboxylic acid groups (broad SMARTS) is 1. The van der Waals surface area contributed by atoms with Gasteiger partial charge in [0, 0.05) is 25.5 Å². The molecule has 100 valence electrons. The summed E-state index contributed by atoms with van der Waals surface area (Å²) >= 11 is 1.48. The lowest BCUT2D eigenvalue weighted by molar-refractivity contribution is -0.137. The predicted octanol–water partition coefficient (Wildman–Crippen LogP) is 2.36. The highest BCUT2D eigenvalue weighted by molar-refractivity contribution is 8.14. The van der Waals surface area contributed by atoms with E-state index in [2.05, 4.69) is 4.99 Å². The number of aliphatic carboxylic acids is 1. The number of carboxylic acids is 1. The number of nitrogens with zero attached hydrogens (tertiary/aromatic N) is 2. The van der Waals surface area contributed by atoms with Gasteiger partial charge in [0.15, 0.2) is 6.04 Å². The molecule has 5 heteroatoms. The Labute approximate surface area is 116 Å². The molecule has 1 N–H and O–H groups in total. The van der Waals surface area contributed by atoms with E-state index in [1.807, 2.05) is 55.4 Å². The van der Waals surface area contributed by atoms with Crippen molar-refractivity contribution in [1.82, 2.24) is 0 Å². The Morgan fingerprint density at radius 3 is 2.58 bits per heavy atom. The number of benzene rings is 1. The number of rotatable bonds is 4. The van der Waals surface area contributed by atoms with Gasteiger partial charge in [-0.1, -0.05) is 18.2 Å². The molecule has 0 amide bonds. The summed E-state index contributed by atoms with van der Waals surface area (Å²) in [6.07, 6.45) is 3.83. The van der Waals surface area contributed by atoms with Crippen molar-refractivity contribution in [3.63, 3.8) is 0 Å². The summed E-state index contributed by atoms with van der Waals surface area (Å²) in [6.45, 7) is 0. The van der Waals surface area contributed by atoms with Gasteiger partial charge in [0.25, 0.3) is 0 Å². The lowest BCUT2D eigenvalue weighted by Crippen LogP contribution is -2.16. The van der Waals surface area contributed by atoms with Crippen molar-refractivity contribution >= 4 is 34.5 Å². The quantitative estimate of drug-likeness (QED) is 0.917. The molecule has 0 fully saturated rings. The van der Waals surface area contributed by atoms with E-state index < -0.39 is 12.0 Å². The Kier molecular flexibility index (Phi) is 4.27. The van der Waals surface area contributed by atoms with Gasteiger partial charge < -0.3 is 10.0 Å². The molecule has 0 aromatic heterocycles. The van der Waals surface area contributed by atoms with Crippen LogP contribution in [-0.2, 0) is 4.79 Å². The molecule has 1 heterocycles. The summed E-state index contributed by atoms with van der Waals surface area (Å²) in [5.41, 5.74) is 2.23. The normalized spacial score (nSPS) is 18.6. The van der Waals surface area contributed by atoms with Crippen LogP contribution in [0.4, 0.5) is 5.69 Å². The molecule has 19 heavy (non-hydrogen) atoms. The molecule has 1 aromatic carbocycles. The fourth-order valence-electron chi connectivity index (χ4n) is 1.66. The van der Waals surface area contributed by atoms with Crippen LogP contribution in [0.2, 0.25) is 0 Å². The standard InChI is InChI=1S/C14H16N2O2S/c1-16(2)11-6-3-10(4-7-11)5-8-13-15-12(9-19-13)14(17)18/h3-8,12H,9H2,1-2H3,(H,17,18)/b8-5+. The van der Waals surface area contributed by atoms with Crippen LogP contribution in [0.1, 0.15) is 5.56 Å². The maximum Gasteiger partial charge on any atom is 0.329 e. The average Bonchev–Trinajstić information content (AvgIpc) is 2.86. The molecule has 0 saturated heterocycles. The summed E-state index contributed by atoms with van der Waals surface area (Å²) < 4.78 is 0. The highest BCUT2D eigenvalue weighted by Crippen LogP contribution is 2.20. The lowest BCUT2D eigenvalue weighted by atomic mass is 10.2. The minimum absolute atomic E-state index is 0.522. The zero-order valence-corrected chi connectivity index (χ0v) is 11.7. The molecule has 0 spiro atoms. The maximum absolute atomic E-state index is 10.8.